The van der Waals surface area contributed by atoms with Gasteiger partial charge in [-0.2, -0.15) is 0 Å². The Morgan fingerprint density at radius 1 is 0.949 bits per heavy atom. The van der Waals surface area contributed by atoms with E-state index < -0.39 is 5.60 Å². The molecular formula is C31H32BrN3O4. The summed E-state index contributed by atoms with van der Waals surface area (Å²) < 4.78 is 12.7. The quantitative estimate of drug-likeness (QED) is 0.267. The van der Waals surface area contributed by atoms with Gasteiger partial charge >= 0.3 is 6.09 Å². The van der Waals surface area contributed by atoms with Gasteiger partial charge in [-0.15, -0.1) is 0 Å². The zero-order valence-corrected chi connectivity index (χ0v) is 24.0. The standard InChI is InChI=1S/C31H32BrN3O4/c1-31(2,3)39-30(37)35-17-15-34(16-18-35)20-22-7-6-10-27-25(22)19-28(38-27)24-8-4-5-9-26(24)33-29(36)21-11-13-23(32)14-12-21/h4-14,19H,15-18,20H2,1-3H3,(H,33,36). The normalized spacial score (nSPS) is 14.4. The summed E-state index contributed by atoms with van der Waals surface area (Å²) in [5.74, 6) is 0.510. The molecule has 1 aliphatic heterocycles. The molecule has 7 nitrogen and oxygen atoms in total. The van der Waals surface area contributed by atoms with E-state index in [1.54, 1.807) is 17.0 Å². The fourth-order valence-corrected chi connectivity index (χ4v) is 4.91. The molecule has 0 aliphatic carbocycles. The Labute approximate surface area is 236 Å². The van der Waals surface area contributed by atoms with Crippen molar-refractivity contribution >= 4 is 44.6 Å². The first kappa shape index (κ1) is 27.0. The zero-order valence-electron chi connectivity index (χ0n) is 22.4. The third-order valence-electron chi connectivity index (χ3n) is 6.62. The van der Waals surface area contributed by atoms with E-state index in [0.717, 1.165) is 46.2 Å². The summed E-state index contributed by atoms with van der Waals surface area (Å²) >= 11 is 3.41. The molecule has 0 radical (unpaired) electrons. The van der Waals surface area contributed by atoms with Crippen LogP contribution in [0.1, 0.15) is 36.7 Å². The second kappa shape index (κ2) is 11.2. The van der Waals surface area contributed by atoms with Crippen molar-refractivity contribution in [2.45, 2.75) is 32.9 Å². The molecule has 1 N–H and O–H groups in total. The lowest BCUT2D eigenvalue weighted by molar-refractivity contribution is 0.0139. The van der Waals surface area contributed by atoms with Gasteiger partial charge in [0.15, 0.2) is 0 Å². The lowest BCUT2D eigenvalue weighted by Crippen LogP contribution is -2.49. The van der Waals surface area contributed by atoms with Gasteiger partial charge < -0.3 is 19.4 Å². The highest BCUT2D eigenvalue weighted by molar-refractivity contribution is 9.10. The predicted octanol–water partition coefficient (Wildman–Crippen LogP) is 7.17. The van der Waals surface area contributed by atoms with E-state index in [0.29, 0.717) is 30.1 Å². The third-order valence-corrected chi connectivity index (χ3v) is 7.15. The van der Waals surface area contributed by atoms with Gasteiger partial charge in [-0.05, 0) is 74.9 Å². The number of ether oxygens (including phenoxy) is 1. The van der Waals surface area contributed by atoms with E-state index in [2.05, 4.69) is 32.2 Å². The number of fused-ring (bicyclic) bond motifs is 1. The van der Waals surface area contributed by atoms with E-state index in [9.17, 15) is 9.59 Å². The number of hydrogen-bond donors (Lipinski definition) is 1. The summed E-state index contributed by atoms with van der Waals surface area (Å²) in [4.78, 5) is 29.4. The van der Waals surface area contributed by atoms with Crippen molar-refractivity contribution in [1.29, 1.82) is 0 Å². The molecule has 3 aromatic carbocycles. The molecule has 2 amide bonds. The van der Waals surface area contributed by atoms with Crippen LogP contribution < -0.4 is 5.32 Å². The maximum absolute atomic E-state index is 12.9. The molecule has 0 unspecified atom stereocenters. The predicted molar refractivity (Wildman–Crippen MR) is 157 cm³/mol. The van der Waals surface area contributed by atoms with Crippen LogP contribution in [0.5, 0.6) is 0 Å². The van der Waals surface area contributed by atoms with E-state index in [1.807, 2.05) is 75.4 Å². The first-order valence-electron chi connectivity index (χ1n) is 13.0. The monoisotopic (exact) mass is 589 g/mol. The first-order valence-corrected chi connectivity index (χ1v) is 13.8. The molecule has 1 fully saturated rings. The van der Waals surface area contributed by atoms with Crippen LogP contribution in [-0.2, 0) is 11.3 Å². The maximum Gasteiger partial charge on any atom is 0.410 e. The van der Waals surface area contributed by atoms with Gasteiger partial charge in [0, 0.05) is 53.7 Å². The topological polar surface area (TPSA) is 75.0 Å². The van der Waals surface area contributed by atoms with Gasteiger partial charge in [0.2, 0.25) is 0 Å². The number of nitrogens with one attached hydrogen (secondary N) is 1. The smallest absolute Gasteiger partial charge is 0.410 e. The summed E-state index contributed by atoms with van der Waals surface area (Å²) in [6.07, 6.45) is -0.255. The fourth-order valence-electron chi connectivity index (χ4n) is 4.65. The van der Waals surface area contributed by atoms with E-state index in [-0.39, 0.29) is 12.0 Å². The number of amides is 2. The Hall–Kier alpha value is -3.62. The Morgan fingerprint density at radius 3 is 2.38 bits per heavy atom. The van der Waals surface area contributed by atoms with Crippen LogP contribution in [0.15, 0.2) is 81.7 Å². The fraction of sp³-hybridized carbons (Fsp3) is 0.290. The average Bonchev–Trinajstić information content (AvgIpc) is 3.34. The Bertz CT molecular complexity index is 1480. The highest BCUT2D eigenvalue weighted by Gasteiger charge is 2.26. The minimum absolute atomic E-state index is 0.183. The van der Waals surface area contributed by atoms with Crippen LogP contribution in [0.3, 0.4) is 0 Å². The molecule has 0 bridgehead atoms. The zero-order chi connectivity index (χ0) is 27.6. The highest BCUT2D eigenvalue weighted by atomic mass is 79.9. The van der Waals surface area contributed by atoms with Crippen LogP contribution in [0.25, 0.3) is 22.3 Å². The number of nitrogens with zero attached hydrogens (tertiary/aromatic N) is 2. The highest BCUT2D eigenvalue weighted by Crippen LogP contribution is 2.34. The summed E-state index contributed by atoms with van der Waals surface area (Å²) in [7, 11) is 0. The SMILES string of the molecule is CC(C)(C)OC(=O)N1CCN(Cc2cccc3oc(-c4ccccc4NC(=O)c4ccc(Br)cc4)cc23)CC1. The minimum Gasteiger partial charge on any atom is -0.456 e. The summed E-state index contributed by atoms with van der Waals surface area (Å²) in [5.41, 5.74) is 3.53. The van der Waals surface area contributed by atoms with Gasteiger partial charge in [-0.1, -0.05) is 40.2 Å². The van der Waals surface area contributed by atoms with Crippen LogP contribution in [0, 0.1) is 0 Å². The second-order valence-electron chi connectivity index (χ2n) is 10.7. The minimum atomic E-state index is -0.497. The van der Waals surface area contributed by atoms with Crippen molar-refractivity contribution in [2.75, 3.05) is 31.5 Å². The lowest BCUT2D eigenvalue weighted by Gasteiger charge is -2.35. The second-order valence-corrected chi connectivity index (χ2v) is 11.6. The number of anilines is 1. The molecule has 0 atom stereocenters. The number of carbonyl (C=O) groups is 2. The Morgan fingerprint density at radius 2 is 1.67 bits per heavy atom. The molecule has 5 rings (SSSR count). The Kier molecular flexibility index (Phi) is 7.77. The number of para-hydroxylation sites is 1. The number of halogens is 1. The van der Waals surface area contributed by atoms with Gasteiger partial charge in [0.25, 0.3) is 5.91 Å². The van der Waals surface area contributed by atoms with Crippen molar-refractivity contribution in [3.05, 3.63) is 88.4 Å². The van der Waals surface area contributed by atoms with Crippen molar-refractivity contribution in [2.24, 2.45) is 0 Å². The summed E-state index contributed by atoms with van der Waals surface area (Å²) in [6.45, 7) is 9.21. The molecule has 1 aromatic heterocycles. The van der Waals surface area contributed by atoms with Gasteiger partial charge in [0.05, 0.1) is 5.69 Å². The molecule has 8 heteroatoms. The molecule has 39 heavy (non-hydrogen) atoms. The summed E-state index contributed by atoms with van der Waals surface area (Å²) in [5, 5.41) is 4.07. The van der Waals surface area contributed by atoms with Crippen molar-refractivity contribution in [3.63, 3.8) is 0 Å². The number of rotatable bonds is 5. The van der Waals surface area contributed by atoms with Gasteiger partial charge in [-0.25, -0.2) is 4.79 Å². The maximum atomic E-state index is 12.9. The van der Waals surface area contributed by atoms with E-state index >= 15 is 0 Å². The van der Waals surface area contributed by atoms with Gasteiger partial charge in [0.1, 0.15) is 16.9 Å². The summed E-state index contributed by atoms with van der Waals surface area (Å²) in [6, 6.07) is 23.0. The average molecular weight is 591 g/mol. The number of benzene rings is 3. The molecule has 202 valence electrons. The van der Waals surface area contributed by atoms with Crippen molar-refractivity contribution in [1.82, 2.24) is 9.80 Å². The van der Waals surface area contributed by atoms with Crippen molar-refractivity contribution < 1.29 is 18.7 Å². The van der Waals surface area contributed by atoms with Crippen LogP contribution in [-0.4, -0.2) is 53.6 Å². The van der Waals surface area contributed by atoms with E-state index in [4.69, 9.17) is 9.15 Å². The first-order chi connectivity index (χ1) is 18.7. The lowest BCUT2D eigenvalue weighted by atomic mass is 10.1. The number of piperazine rings is 1. The van der Waals surface area contributed by atoms with Crippen LogP contribution in [0.2, 0.25) is 0 Å². The molecule has 1 saturated heterocycles. The number of hydrogen-bond acceptors (Lipinski definition) is 5. The molecular weight excluding hydrogens is 558 g/mol. The van der Waals surface area contributed by atoms with Crippen LogP contribution >= 0.6 is 15.9 Å². The molecule has 1 aliphatic rings. The molecule has 0 spiro atoms. The van der Waals surface area contributed by atoms with Gasteiger partial charge in [-0.3, -0.25) is 9.69 Å². The van der Waals surface area contributed by atoms with E-state index in [1.165, 1.54) is 0 Å². The molecule has 4 aromatic rings. The van der Waals surface area contributed by atoms with Crippen LogP contribution in [0.4, 0.5) is 10.5 Å². The third kappa shape index (κ3) is 6.52. The molecule has 0 saturated carbocycles. The Balaban J connectivity index is 1.31. The molecule has 2 heterocycles. The number of carbonyl (C=O) groups excluding carboxylic acids is 2. The largest absolute Gasteiger partial charge is 0.456 e. The van der Waals surface area contributed by atoms with Crippen molar-refractivity contribution in [3.8, 4) is 11.3 Å². The number of furan rings is 1.